The first-order valence-corrected chi connectivity index (χ1v) is 2.18. The van der Waals surface area contributed by atoms with Crippen LogP contribution in [0.5, 0.6) is 0 Å². The van der Waals surface area contributed by atoms with Gasteiger partial charge in [0.1, 0.15) is 0 Å². The highest BCUT2D eigenvalue weighted by Gasteiger charge is 2.16. The van der Waals surface area contributed by atoms with Crippen molar-refractivity contribution in [1.82, 2.24) is 0 Å². The maximum atomic E-state index is 11.6. The summed E-state index contributed by atoms with van der Waals surface area (Å²) in [6.07, 6.45) is -2.61. The number of rotatable bonds is 2. The molecule has 0 spiro atoms. The van der Waals surface area contributed by atoms with Crippen LogP contribution in [0, 0.1) is 0 Å². The van der Waals surface area contributed by atoms with Gasteiger partial charge in [-0.05, 0) is 0 Å². The Morgan fingerprint density at radius 1 is 1.44 bits per heavy atom. The van der Waals surface area contributed by atoms with Crippen LogP contribution in [-0.2, 0) is 4.89 Å². The summed E-state index contributed by atoms with van der Waals surface area (Å²) in [5, 5.41) is 7.51. The van der Waals surface area contributed by atoms with Gasteiger partial charge in [0, 0.05) is 0 Å². The maximum Gasteiger partial charge on any atom is 0.305 e. The molecule has 1 N–H and O–H groups in total. The van der Waals surface area contributed by atoms with Gasteiger partial charge in [0.25, 0.3) is 0 Å². The highest BCUT2D eigenvalue weighted by Crippen LogP contribution is 2.17. The van der Waals surface area contributed by atoms with Crippen LogP contribution < -0.4 is 0 Å². The van der Waals surface area contributed by atoms with Gasteiger partial charge in [-0.25, -0.2) is 14.5 Å². The van der Waals surface area contributed by atoms with E-state index in [-0.39, 0.29) is 0 Å². The van der Waals surface area contributed by atoms with Gasteiger partial charge in [0.05, 0.1) is 0 Å². The molecule has 0 rings (SSSR count). The third-order valence-electron chi connectivity index (χ3n) is 0.472. The van der Waals surface area contributed by atoms with Gasteiger partial charge >= 0.3 is 6.08 Å². The quantitative estimate of drug-likeness (QED) is 0.383. The Morgan fingerprint density at radius 2 is 1.89 bits per heavy atom. The summed E-state index contributed by atoms with van der Waals surface area (Å²) in [5.74, 6) is -1.99. The number of hydrogen-bond donors (Lipinski definition) is 1. The second-order valence-electron chi connectivity index (χ2n) is 1.03. The predicted molar refractivity (Wildman–Crippen MR) is 23.7 cm³/mol. The van der Waals surface area contributed by atoms with Gasteiger partial charge in [-0.3, -0.25) is 0 Å². The molecule has 9 heavy (non-hydrogen) atoms. The lowest BCUT2D eigenvalue weighted by molar-refractivity contribution is -0.251. The molecular formula is C3H2ClF3O2. The largest absolute Gasteiger partial charge is 0.305 e. The summed E-state index contributed by atoms with van der Waals surface area (Å²) in [6, 6.07) is 0. The van der Waals surface area contributed by atoms with E-state index in [0.29, 0.717) is 0 Å². The van der Waals surface area contributed by atoms with Gasteiger partial charge in [0.2, 0.25) is 11.4 Å². The summed E-state index contributed by atoms with van der Waals surface area (Å²) in [6.45, 7) is 0. The normalized spacial score (nSPS) is 13.0. The molecule has 2 nitrogen and oxygen atoms in total. The van der Waals surface area contributed by atoms with Crippen molar-refractivity contribution in [2.24, 2.45) is 0 Å². The lowest BCUT2D eigenvalue weighted by atomic mass is 10.6. The average molecular weight is 162 g/mol. The first kappa shape index (κ1) is 8.74. The van der Waals surface area contributed by atoms with Gasteiger partial charge in [-0.1, -0.05) is 11.6 Å². The molecule has 0 heterocycles. The van der Waals surface area contributed by atoms with Crippen molar-refractivity contribution in [3.8, 4) is 0 Å². The Hall–Kier alpha value is -0.260. The van der Waals surface area contributed by atoms with Crippen molar-refractivity contribution in [2.75, 3.05) is 0 Å². The Labute approximate surface area is 53.4 Å². The molecule has 6 heteroatoms. The molecular weight excluding hydrogens is 160 g/mol. The molecule has 0 bridgehead atoms. The first-order valence-electron chi connectivity index (χ1n) is 1.74. The fourth-order valence-corrected chi connectivity index (χ4v) is 0.215. The molecule has 1 unspecified atom stereocenters. The predicted octanol–water partition coefficient (Wildman–Crippen LogP) is 2.12. The average Bonchev–Trinajstić information content (AvgIpc) is 1.84. The molecule has 0 fully saturated rings. The van der Waals surface area contributed by atoms with E-state index < -0.39 is 17.5 Å². The van der Waals surface area contributed by atoms with Crippen molar-refractivity contribution >= 4 is 11.6 Å². The standard InChI is InChI=1S/C3H2ClF3O2/c4-2(9-8)1(5)3(6)7/h2,8H. The number of halogens is 4. The molecule has 1 atom stereocenters. The molecule has 0 aliphatic heterocycles. The number of hydrogen-bond acceptors (Lipinski definition) is 2. The summed E-state index contributed by atoms with van der Waals surface area (Å²) in [7, 11) is 0. The van der Waals surface area contributed by atoms with E-state index in [2.05, 4.69) is 16.5 Å². The van der Waals surface area contributed by atoms with E-state index in [4.69, 9.17) is 5.26 Å². The van der Waals surface area contributed by atoms with Gasteiger partial charge in [-0.15, -0.1) is 0 Å². The molecule has 54 valence electrons. The molecule has 0 aromatic heterocycles. The van der Waals surface area contributed by atoms with Crippen molar-refractivity contribution in [3.05, 3.63) is 11.9 Å². The van der Waals surface area contributed by atoms with Crippen LogP contribution in [0.25, 0.3) is 0 Å². The molecule has 0 aliphatic rings. The second-order valence-corrected chi connectivity index (χ2v) is 1.43. The molecule has 0 radical (unpaired) electrons. The van der Waals surface area contributed by atoms with Crippen molar-refractivity contribution in [1.29, 1.82) is 0 Å². The van der Waals surface area contributed by atoms with Crippen LogP contribution in [0.3, 0.4) is 0 Å². The minimum absolute atomic E-state index is 1.99. The third-order valence-corrected chi connectivity index (χ3v) is 0.744. The molecule has 0 aromatic rings. The SMILES string of the molecule is OOC(Cl)C(F)=C(F)F. The Kier molecular flexibility index (Phi) is 3.60. The van der Waals surface area contributed by atoms with Crippen LogP contribution in [0.1, 0.15) is 0 Å². The first-order chi connectivity index (χ1) is 4.09. The molecule has 0 saturated carbocycles. The minimum Gasteiger partial charge on any atom is -0.250 e. The van der Waals surface area contributed by atoms with E-state index in [0.717, 1.165) is 0 Å². The molecule has 0 aromatic carbocycles. The Morgan fingerprint density at radius 3 is 2.00 bits per heavy atom. The molecule has 0 aliphatic carbocycles. The minimum atomic E-state index is -2.61. The fraction of sp³-hybridized carbons (Fsp3) is 0.333. The third kappa shape index (κ3) is 2.69. The van der Waals surface area contributed by atoms with Crippen molar-refractivity contribution < 1.29 is 23.3 Å². The molecule has 0 saturated heterocycles. The number of alkyl halides is 1. The van der Waals surface area contributed by atoms with Gasteiger partial charge < -0.3 is 0 Å². The summed E-state index contributed by atoms with van der Waals surface area (Å²) < 4.78 is 33.8. The lowest BCUT2D eigenvalue weighted by Crippen LogP contribution is -2.02. The van der Waals surface area contributed by atoms with Crippen LogP contribution >= 0.6 is 11.6 Å². The van der Waals surface area contributed by atoms with Gasteiger partial charge in [0.15, 0.2) is 0 Å². The highest BCUT2D eigenvalue weighted by atomic mass is 35.5. The van der Waals surface area contributed by atoms with Crippen LogP contribution in [0.15, 0.2) is 11.9 Å². The Balaban J connectivity index is 4.02. The summed E-state index contributed by atoms with van der Waals surface area (Å²) >= 11 is 4.63. The monoisotopic (exact) mass is 162 g/mol. The van der Waals surface area contributed by atoms with Crippen LogP contribution in [0.4, 0.5) is 13.2 Å². The zero-order chi connectivity index (χ0) is 7.44. The van der Waals surface area contributed by atoms with E-state index >= 15 is 0 Å². The summed E-state index contributed by atoms with van der Waals surface area (Å²) in [4.78, 5) is 3.03. The Bertz CT molecular complexity index is 122. The van der Waals surface area contributed by atoms with E-state index in [9.17, 15) is 13.2 Å². The zero-order valence-electron chi connectivity index (χ0n) is 3.94. The van der Waals surface area contributed by atoms with E-state index in [1.807, 2.05) is 0 Å². The van der Waals surface area contributed by atoms with Crippen LogP contribution in [-0.4, -0.2) is 10.8 Å². The smallest absolute Gasteiger partial charge is 0.250 e. The second kappa shape index (κ2) is 3.71. The van der Waals surface area contributed by atoms with E-state index in [1.54, 1.807) is 0 Å². The molecule has 0 amide bonds. The van der Waals surface area contributed by atoms with Gasteiger partial charge in [-0.2, -0.15) is 8.78 Å². The topological polar surface area (TPSA) is 29.5 Å². The fourth-order valence-electron chi connectivity index (χ4n) is 0.132. The maximum absolute atomic E-state index is 11.6. The van der Waals surface area contributed by atoms with E-state index in [1.165, 1.54) is 0 Å². The highest BCUT2D eigenvalue weighted by molar-refractivity contribution is 6.21. The summed E-state index contributed by atoms with van der Waals surface area (Å²) in [5.41, 5.74) is -2.12. The van der Waals surface area contributed by atoms with Crippen molar-refractivity contribution in [2.45, 2.75) is 5.56 Å². The van der Waals surface area contributed by atoms with Crippen LogP contribution in [0.2, 0.25) is 0 Å². The van der Waals surface area contributed by atoms with Crippen molar-refractivity contribution in [3.63, 3.8) is 0 Å². The lowest BCUT2D eigenvalue weighted by Gasteiger charge is -1.98. The zero-order valence-corrected chi connectivity index (χ0v) is 4.70.